The Labute approximate surface area is 122 Å². The van der Waals surface area contributed by atoms with Crippen molar-refractivity contribution in [2.75, 3.05) is 25.0 Å². The van der Waals surface area contributed by atoms with Crippen LogP contribution in [0, 0.1) is 17.2 Å². The highest BCUT2D eigenvalue weighted by Crippen LogP contribution is 2.37. The molecule has 3 heteroatoms. The van der Waals surface area contributed by atoms with Crippen LogP contribution in [0.15, 0.2) is 30.3 Å². The number of rotatable bonds is 6. The van der Waals surface area contributed by atoms with Crippen molar-refractivity contribution in [3.8, 4) is 6.07 Å². The molecule has 0 heterocycles. The van der Waals surface area contributed by atoms with Gasteiger partial charge in [0.05, 0.1) is 6.07 Å². The molecule has 0 spiro atoms. The van der Waals surface area contributed by atoms with Crippen LogP contribution < -0.4 is 10.2 Å². The summed E-state index contributed by atoms with van der Waals surface area (Å²) in [6.45, 7) is 4.23. The van der Waals surface area contributed by atoms with Crippen LogP contribution in [-0.4, -0.2) is 25.7 Å². The molecule has 0 radical (unpaired) electrons. The van der Waals surface area contributed by atoms with Crippen LogP contribution in [0.25, 0.3) is 0 Å². The molecule has 1 N–H and O–H groups in total. The molecule has 1 aliphatic rings. The van der Waals surface area contributed by atoms with E-state index in [1.165, 1.54) is 12.1 Å². The molecule has 20 heavy (non-hydrogen) atoms. The van der Waals surface area contributed by atoms with Crippen molar-refractivity contribution in [1.29, 1.82) is 5.26 Å². The summed E-state index contributed by atoms with van der Waals surface area (Å²) < 4.78 is 0. The quantitative estimate of drug-likeness (QED) is 0.863. The maximum atomic E-state index is 9.50. The topological polar surface area (TPSA) is 39.1 Å². The first-order chi connectivity index (χ1) is 9.75. The van der Waals surface area contributed by atoms with Crippen LogP contribution in [0.4, 0.5) is 5.69 Å². The standard InChI is InChI=1S/C17H25N3/c1-3-20(16-9-5-4-6-10-16)13-11-15-8-7-12-17(15,14-18)19-2/h4-6,9-10,15,19H,3,7-8,11-13H2,1-2H3. The Kier molecular flexibility index (Phi) is 5.03. The fourth-order valence-electron chi connectivity index (χ4n) is 3.42. The van der Waals surface area contributed by atoms with Gasteiger partial charge in [-0.2, -0.15) is 5.26 Å². The average molecular weight is 271 g/mol. The first-order valence-electron chi connectivity index (χ1n) is 7.66. The van der Waals surface area contributed by atoms with E-state index in [4.69, 9.17) is 0 Å². The second-order valence-corrected chi connectivity index (χ2v) is 5.63. The number of hydrogen-bond acceptors (Lipinski definition) is 3. The van der Waals surface area contributed by atoms with Gasteiger partial charge in [-0.3, -0.25) is 0 Å². The fraction of sp³-hybridized carbons (Fsp3) is 0.588. The normalized spacial score (nSPS) is 25.4. The second-order valence-electron chi connectivity index (χ2n) is 5.63. The first-order valence-corrected chi connectivity index (χ1v) is 7.66. The molecule has 2 unspecified atom stereocenters. The summed E-state index contributed by atoms with van der Waals surface area (Å²) in [5.74, 6) is 0.468. The first kappa shape index (κ1) is 14.9. The van der Waals surface area contributed by atoms with Gasteiger partial charge in [0.2, 0.25) is 0 Å². The van der Waals surface area contributed by atoms with Crippen LogP contribution in [-0.2, 0) is 0 Å². The number of anilines is 1. The van der Waals surface area contributed by atoms with Crippen molar-refractivity contribution < 1.29 is 0 Å². The Morgan fingerprint density at radius 1 is 1.40 bits per heavy atom. The Morgan fingerprint density at radius 2 is 2.15 bits per heavy atom. The van der Waals surface area contributed by atoms with Gasteiger partial charge in [-0.25, -0.2) is 0 Å². The zero-order chi connectivity index (χ0) is 14.4. The minimum Gasteiger partial charge on any atom is -0.372 e. The van der Waals surface area contributed by atoms with E-state index in [0.29, 0.717) is 5.92 Å². The van der Waals surface area contributed by atoms with Gasteiger partial charge in [0.25, 0.3) is 0 Å². The molecule has 1 aliphatic carbocycles. The van der Waals surface area contributed by atoms with Gasteiger partial charge in [0, 0.05) is 18.8 Å². The third-order valence-corrected chi connectivity index (χ3v) is 4.72. The number of para-hydroxylation sites is 1. The highest BCUT2D eigenvalue weighted by atomic mass is 15.1. The Hall–Kier alpha value is -1.53. The van der Waals surface area contributed by atoms with Crippen molar-refractivity contribution in [3.63, 3.8) is 0 Å². The number of nitrogens with one attached hydrogen (secondary N) is 1. The van der Waals surface area contributed by atoms with Crippen LogP contribution in [0.2, 0.25) is 0 Å². The van der Waals surface area contributed by atoms with E-state index in [9.17, 15) is 5.26 Å². The molecular formula is C17H25N3. The largest absolute Gasteiger partial charge is 0.372 e. The van der Waals surface area contributed by atoms with Crippen molar-refractivity contribution in [2.45, 2.75) is 38.1 Å². The Balaban J connectivity index is 1.99. The molecule has 0 bridgehead atoms. The molecule has 0 aliphatic heterocycles. The summed E-state index contributed by atoms with van der Waals surface area (Å²) in [5.41, 5.74) is 0.982. The highest BCUT2D eigenvalue weighted by Gasteiger charge is 2.41. The van der Waals surface area contributed by atoms with Crippen molar-refractivity contribution in [3.05, 3.63) is 30.3 Å². The van der Waals surface area contributed by atoms with E-state index in [1.807, 2.05) is 7.05 Å². The minimum absolute atomic E-state index is 0.296. The predicted octanol–water partition coefficient (Wildman–Crippen LogP) is 3.18. The second kappa shape index (κ2) is 6.76. The summed E-state index contributed by atoms with van der Waals surface area (Å²) in [5, 5.41) is 12.8. The number of benzene rings is 1. The molecule has 0 amide bonds. The molecule has 108 valence electrons. The van der Waals surface area contributed by atoms with Gasteiger partial charge in [0.1, 0.15) is 5.54 Å². The molecule has 2 atom stereocenters. The number of nitriles is 1. The third-order valence-electron chi connectivity index (χ3n) is 4.72. The maximum absolute atomic E-state index is 9.50. The molecule has 1 saturated carbocycles. The third kappa shape index (κ3) is 2.96. The van der Waals surface area contributed by atoms with Crippen LogP contribution in [0.3, 0.4) is 0 Å². The molecule has 3 nitrogen and oxygen atoms in total. The van der Waals surface area contributed by atoms with Gasteiger partial charge in [-0.15, -0.1) is 0 Å². The van der Waals surface area contributed by atoms with E-state index < -0.39 is 0 Å². The van der Waals surface area contributed by atoms with E-state index in [2.05, 4.69) is 53.5 Å². The SMILES string of the molecule is CCN(CCC1CCCC1(C#N)NC)c1ccccc1. The van der Waals surface area contributed by atoms with E-state index in [1.54, 1.807) is 0 Å². The summed E-state index contributed by atoms with van der Waals surface area (Å²) in [4.78, 5) is 2.40. The summed E-state index contributed by atoms with van der Waals surface area (Å²) in [6, 6.07) is 13.1. The molecule has 1 aromatic rings. The lowest BCUT2D eigenvalue weighted by atomic mass is 9.86. The smallest absolute Gasteiger partial charge is 0.109 e. The zero-order valence-electron chi connectivity index (χ0n) is 12.6. The van der Waals surface area contributed by atoms with Crippen molar-refractivity contribution >= 4 is 5.69 Å². The summed E-state index contributed by atoms with van der Waals surface area (Å²) >= 11 is 0. The van der Waals surface area contributed by atoms with E-state index >= 15 is 0 Å². The number of nitrogens with zero attached hydrogens (tertiary/aromatic N) is 2. The average Bonchev–Trinajstić information content (AvgIpc) is 2.92. The monoisotopic (exact) mass is 271 g/mol. The highest BCUT2D eigenvalue weighted by molar-refractivity contribution is 5.45. The Bertz CT molecular complexity index is 451. The van der Waals surface area contributed by atoms with Crippen LogP contribution in [0.5, 0.6) is 0 Å². The van der Waals surface area contributed by atoms with E-state index in [-0.39, 0.29) is 5.54 Å². The van der Waals surface area contributed by atoms with Gasteiger partial charge in [-0.05, 0) is 51.3 Å². The maximum Gasteiger partial charge on any atom is 0.109 e. The number of hydrogen-bond donors (Lipinski definition) is 1. The fourth-order valence-corrected chi connectivity index (χ4v) is 3.42. The molecule has 2 rings (SSSR count). The van der Waals surface area contributed by atoms with E-state index in [0.717, 1.165) is 32.4 Å². The van der Waals surface area contributed by atoms with Crippen LogP contribution >= 0.6 is 0 Å². The van der Waals surface area contributed by atoms with Gasteiger partial charge >= 0.3 is 0 Å². The molecule has 1 aromatic carbocycles. The van der Waals surface area contributed by atoms with Gasteiger partial charge in [0.15, 0.2) is 0 Å². The molecule has 0 aromatic heterocycles. The molecular weight excluding hydrogens is 246 g/mol. The predicted molar refractivity (Wildman–Crippen MR) is 83.7 cm³/mol. The van der Waals surface area contributed by atoms with Gasteiger partial charge in [-0.1, -0.05) is 24.6 Å². The van der Waals surface area contributed by atoms with Gasteiger partial charge < -0.3 is 10.2 Å². The van der Waals surface area contributed by atoms with Crippen molar-refractivity contribution in [1.82, 2.24) is 5.32 Å². The summed E-state index contributed by atoms with van der Waals surface area (Å²) in [6.07, 6.45) is 4.40. The lowest BCUT2D eigenvalue weighted by molar-refractivity contribution is 0.322. The van der Waals surface area contributed by atoms with Crippen molar-refractivity contribution in [2.24, 2.45) is 5.92 Å². The lowest BCUT2D eigenvalue weighted by Crippen LogP contribution is -2.45. The summed E-state index contributed by atoms with van der Waals surface area (Å²) in [7, 11) is 1.93. The minimum atomic E-state index is -0.296. The molecule has 1 fully saturated rings. The lowest BCUT2D eigenvalue weighted by Gasteiger charge is -2.31. The Morgan fingerprint density at radius 3 is 2.75 bits per heavy atom. The molecule has 0 saturated heterocycles. The van der Waals surface area contributed by atoms with Crippen LogP contribution in [0.1, 0.15) is 32.6 Å². The zero-order valence-corrected chi connectivity index (χ0v) is 12.6.